The molecule has 5 heteroatoms. The monoisotopic (exact) mass is 238 g/mol. The maximum atomic E-state index is 5.33. The molecule has 1 saturated heterocycles. The van der Waals surface area contributed by atoms with E-state index in [2.05, 4.69) is 26.0 Å². The second-order valence-corrected chi connectivity index (χ2v) is 4.41. The highest BCUT2D eigenvalue weighted by molar-refractivity contribution is 4.97. The summed E-state index contributed by atoms with van der Waals surface area (Å²) >= 11 is 0. The van der Waals surface area contributed by atoms with Crippen molar-refractivity contribution < 1.29 is 4.74 Å². The van der Waals surface area contributed by atoms with Gasteiger partial charge < -0.3 is 14.6 Å². The number of imidazole rings is 1. The Hall–Kier alpha value is -0.910. The molecule has 0 amide bonds. The van der Waals surface area contributed by atoms with E-state index in [0.717, 1.165) is 52.4 Å². The molecule has 1 fully saturated rings. The minimum absolute atomic E-state index is 0.872. The van der Waals surface area contributed by atoms with E-state index in [0.29, 0.717) is 0 Å². The van der Waals surface area contributed by atoms with Crippen molar-refractivity contribution in [2.24, 2.45) is 0 Å². The lowest BCUT2D eigenvalue weighted by atomic mass is 10.3. The molecule has 0 spiro atoms. The minimum atomic E-state index is 0.872. The lowest BCUT2D eigenvalue weighted by Crippen LogP contribution is -2.38. The molecule has 1 aliphatic heterocycles. The van der Waals surface area contributed by atoms with Gasteiger partial charge in [-0.3, -0.25) is 4.90 Å². The Labute approximate surface area is 103 Å². The zero-order chi connectivity index (χ0) is 11.9. The molecular weight excluding hydrogens is 216 g/mol. The van der Waals surface area contributed by atoms with E-state index in [-0.39, 0.29) is 0 Å². The molecule has 0 saturated carbocycles. The molecule has 5 nitrogen and oxygen atoms in total. The number of nitrogens with one attached hydrogen (secondary N) is 1. The topological polar surface area (TPSA) is 42.3 Å². The van der Waals surface area contributed by atoms with Gasteiger partial charge in [0.1, 0.15) is 0 Å². The van der Waals surface area contributed by atoms with Crippen LogP contribution in [0.2, 0.25) is 0 Å². The van der Waals surface area contributed by atoms with Crippen LogP contribution in [0.3, 0.4) is 0 Å². The third kappa shape index (κ3) is 4.11. The van der Waals surface area contributed by atoms with Gasteiger partial charge in [-0.25, -0.2) is 4.98 Å². The summed E-state index contributed by atoms with van der Waals surface area (Å²) in [6.45, 7) is 6.95. The van der Waals surface area contributed by atoms with Crippen LogP contribution < -0.4 is 5.32 Å². The van der Waals surface area contributed by atoms with Crippen LogP contribution >= 0.6 is 0 Å². The third-order valence-corrected chi connectivity index (χ3v) is 3.10. The van der Waals surface area contributed by atoms with E-state index in [4.69, 9.17) is 4.74 Å². The first-order valence-corrected chi connectivity index (χ1v) is 6.34. The molecule has 2 heterocycles. The largest absolute Gasteiger partial charge is 0.379 e. The summed E-state index contributed by atoms with van der Waals surface area (Å²) in [5.74, 6) is 0. The lowest BCUT2D eigenvalue weighted by molar-refractivity contribution is 0.0364. The quantitative estimate of drug-likeness (QED) is 0.756. The second kappa shape index (κ2) is 6.74. The first-order valence-electron chi connectivity index (χ1n) is 6.34. The average molecular weight is 238 g/mol. The van der Waals surface area contributed by atoms with Gasteiger partial charge in [0.05, 0.1) is 25.2 Å². The predicted molar refractivity (Wildman–Crippen MR) is 67.1 cm³/mol. The van der Waals surface area contributed by atoms with Crippen molar-refractivity contribution in [2.45, 2.75) is 13.0 Å². The fourth-order valence-electron chi connectivity index (χ4n) is 1.99. The van der Waals surface area contributed by atoms with Crippen molar-refractivity contribution in [3.63, 3.8) is 0 Å². The maximum Gasteiger partial charge on any atom is 0.0949 e. The number of rotatable bonds is 6. The molecule has 1 N–H and O–H groups in total. The molecule has 0 unspecified atom stereocenters. The van der Waals surface area contributed by atoms with Crippen molar-refractivity contribution >= 4 is 0 Å². The van der Waals surface area contributed by atoms with Gasteiger partial charge >= 0.3 is 0 Å². The summed E-state index contributed by atoms with van der Waals surface area (Å²) < 4.78 is 7.51. The van der Waals surface area contributed by atoms with Crippen LogP contribution in [0.25, 0.3) is 0 Å². The van der Waals surface area contributed by atoms with Crippen molar-refractivity contribution in [2.75, 3.05) is 46.4 Å². The normalized spacial score (nSPS) is 17.5. The Kier molecular flexibility index (Phi) is 4.97. The first-order chi connectivity index (χ1) is 8.38. The van der Waals surface area contributed by atoms with Crippen LogP contribution in [0.5, 0.6) is 0 Å². The fourth-order valence-corrected chi connectivity index (χ4v) is 1.99. The van der Waals surface area contributed by atoms with Crippen molar-refractivity contribution in [1.29, 1.82) is 0 Å². The van der Waals surface area contributed by atoms with Gasteiger partial charge in [-0.05, 0) is 7.05 Å². The molecular formula is C12H22N4O. The number of likely N-dealkylation sites (N-methyl/N-ethyl adjacent to an activating group) is 1. The van der Waals surface area contributed by atoms with Crippen LogP contribution in [0.15, 0.2) is 12.5 Å². The number of hydrogen-bond acceptors (Lipinski definition) is 4. The van der Waals surface area contributed by atoms with Gasteiger partial charge in [-0.1, -0.05) is 0 Å². The number of aromatic nitrogens is 2. The standard InChI is InChI=1S/C12H22N4O/c1-13-3-2-12-10-16(11-14-12)5-4-15-6-8-17-9-7-15/h10-11,13H,2-9H2,1H3. The lowest BCUT2D eigenvalue weighted by Gasteiger charge is -2.26. The summed E-state index contributed by atoms with van der Waals surface area (Å²) in [6.07, 6.45) is 5.09. The fraction of sp³-hybridized carbons (Fsp3) is 0.750. The van der Waals surface area contributed by atoms with Crippen molar-refractivity contribution in [3.05, 3.63) is 18.2 Å². The molecule has 0 atom stereocenters. The van der Waals surface area contributed by atoms with Crippen molar-refractivity contribution in [3.8, 4) is 0 Å². The molecule has 1 aliphatic rings. The zero-order valence-electron chi connectivity index (χ0n) is 10.6. The Balaban J connectivity index is 1.72. The Bertz CT molecular complexity index is 320. The van der Waals surface area contributed by atoms with Crippen LogP contribution in [0, 0.1) is 0 Å². The predicted octanol–water partition coefficient (Wildman–Crippen LogP) is -0.0228. The van der Waals surface area contributed by atoms with E-state index in [1.807, 2.05) is 13.4 Å². The van der Waals surface area contributed by atoms with Gasteiger partial charge in [0.2, 0.25) is 0 Å². The molecule has 17 heavy (non-hydrogen) atoms. The summed E-state index contributed by atoms with van der Waals surface area (Å²) in [6, 6.07) is 0. The average Bonchev–Trinajstić information content (AvgIpc) is 2.83. The highest BCUT2D eigenvalue weighted by Crippen LogP contribution is 2.00. The maximum absolute atomic E-state index is 5.33. The number of ether oxygens (including phenoxy) is 1. The molecule has 1 aromatic rings. The van der Waals surface area contributed by atoms with Crippen LogP contribution in [-0.4, -0.2) is 60.9 Å². The smallest absolute Gasteiger partial charge is 0.0949 e. The molecule has 2 rings (SSSR count). The first kappa shape index (κ1) is 12.5. The Morgan fingerprint density at radius 2 is 2.18 bits per heavy atom. The number of nitrogens with zero attached hydrogens (tertiary/aromatic N) is 3. The number of hydrogen-bond donors (Lipinski definition) is 1. The van der Waals surface area contributed by atoms with Gasteiger partial charge in [0.25, 0.3) is 0 Å². The molecule has 1 aromatic heterocycles. The molecule has 0 aliphatic carbocycles. The highest BCUT2D eigenvalue weighted by Gasteiger charge is 2.09. The van der Waals surface area contributed by atoms with Crippen LogP contribution in [0.1, 0.15) is 5.69 Å². The summed E-state index contributed by atoms with van der Waals surface area (Å²) in [4.78, 5) is 6.84. The Morgan fingerprint density at radius 3 is 2.94 bits per heavy atom. The minimum Gasteiger partial charge on any atom is -0.379 e. The van der Waals surface area contributed by atoms with Gasteiger partial charge in [-0.15, -0.1) is 0 Å². The van der Waals surface area contributed by atoms with E-state index < -0.39 is 0 Å². The molecule has 0 aromatic carbocycles. The van der Waals surface area contributed by atoms with Crippen LogP contribution in [-0.2, 0) is 17.7 Å². The Morgan fingerprint density at radius 1 is 1.35 bits per heavy atom. The van der Waals surface area contributed by atoms with Gasteiger partial charge in [0, 0.05) is 45.3 Å². The summed E-state index contributed by atoms with van der Waals surface area (Å²) in [5, 5.41) is 3.14. The van der Waals surface area contributed by atoms with E-state index in [1.54, 1.807) is 0 Å². The zero-order valence-corrected chi connectivity index (χ0v) is 10.6. The molecule has 96 valence electrons. The van der Waals surface area contributed by atoms with E-state index >= 15 is 0 Å². The van der Waals surface area contributed by atoms with Gasteiger partial charge in [-0.2, -0.15) is 0 Å². The molecule has 0 radical (unpaired) electrons. The number of morpholine rings is 1. The molecule has 0 bridgehead atoms. The SMILES string of the molecule is CNCCc1cn(CCN2CCOCC2)cn1. The summed E-state index contributed by atoms with van der Waals surface area (Å²) in [5.41, 5.74) is 1.17. The van der Waals surface area contributed by atoms with E-state index in [9.17, 15) is 0 Å². The van der Waals surface area contributed by atoms with Crippen LogP contribution in [0.4, 0.5) is 0 Å². The van der Waals surface area contributed by atoms with Crippen molar-refractivity contribution in [1.82, 2.24) is 19.8 Å². The second-order valence-electron chi connectivity index (χ2n) is 4.41. The van der Waals surface area contributed by atoms with Gasteiger partial charge in [0.15, 0.2) is 0 Å². The third-order valence-electron chi connectivity index (χ3n) is 3.10. The summed E-state index contributed by atoms with van der Waals surface area (Å²) in [7, 11) is 1.97. The van der Waals surface area contributed by atoms with E-state index in [1.165, 1.54) is 5.69 Å². The highest BCUT2D eigenvalue weighted by atomic mass is 16.5.